The molecule has 0 N–H and O–H groups in total. The second-order valence-corrected chi connectivity index (χ2v) is 17.4. The molecule has 2 aliphatic carbocycles. The van der Waals surface area contributed by atoms with Gasteiger partial charge in [-0.2, -0.15) is 29.8 Å². The summed E-state index contributed by atoms with van der Waals surface area (Å²) in [6.07, 6.45) is 8.84. The van der Waals surface area contributed by atoms with Crippen LogP contribution in [0.1, 0.15) is 70.7 Å². The Morgan fingerprint density at radius 3 is 1.88 bits per heavy atom. The van der Waals surface area contributed by atoms with Gasteiger partial charge in [0.2, 0.25) is 0 Å². The monoisotopic (exact) mass is 588 g/mol. The topological polar surface area (TPSA) is 0 Å². The maximum absolute atomic E-state index is 3.67. The fourth-order valence-corrected chi connectivity index (χ4v) is 5.35. The van der Waals surface area contributed by atoms with E-state index in [0.29, 0.717) is 5.92 Å². The summed E-state index contributed by atoms with van der Waals surface area (Å²) in [6, 6.07) is 15.2. The fourth-order valence-electron chi connectivity index (χ4n) is 4.08. The van der Waals surface area contributed by atoms with Crippen molar-refractivity contribution in [1.82, 2.24) is 0 Å². The molecule has 0 radical (unpaired) electrons. The minimum Gasteiger partial charge on any atom is -1.00 e. The molecule has 0 heterocycles. The SMILES string of the molecule is CC(C)(C)c1[c-]c2c(cc1)-c1ccc(C(C)(C)C)cc1C2.CC1[C-]=CC([Si](C)(C)C)=C1.[Cl-].[Cl-].[Zr+4]. The predicted molar refractivity (Wildman–Crippen MR) is 139 cm³/mol. The zero-order valence-electron chi connectivity index (χ0n) is 22.6. The number of fused-ring (bicyclic) bond motifs is 3. The van der Waals surface area contributed by atoms with Crippen LogP contribution in [0.15, 0.2) is 47.7 Å². The number of allylic oxidation sites excluding steroid dienone is 4. The van der Waals surface area contributed by atoms with Crippen molar-refractivity contribution in [1.29, 1.82) is 0 Å². The van der Waals surface area contributed by atoms with E-state index in [2.05, 4.69) is 123 Å². The van der Waals surface area contributed by atoms with Crippen LogP contribution in [-0.2, 0) is 43.5 Å². The van der Waals surface area contributed by atoms with E-state index in [-0.39, 0.29) is 61.8 Å². The Bertz CT molecular complexity index is 970. The molecule has 0 nitrogen and oxygen atoms in total. The van der Waals surface area contributed by atoms with E-state index in [9.17, 15) is 0 Å². The van der Waals surface area contributed by atoms with Crippen LogP contribution < -0.4 is 24.8 Å². The van der Waals surface area contributed by atoms with E-state index in [1.807, 2.05) is 0 Å². The molecule has 1 unspecified atom stereocenters. The number of benzene rings is 2. The van der Waals surface area contributed by atoms with Crippen LogP contribution in [0.5, 0.6) is 0 Å². The second-order valence-electron chi connectivity index (χ2n) is 12.3. The van der Waals surface area contributed by atoms with Crippen molar-refractivity contribution in [2.24, 2.45) is 5.92 Å². The molecular formula is C30H40Cl2SiZr. The third-order valence-corrected chi connectivity index (χ3v) is 8.30. The Hall–Kier alpha value is -0.400. The predicted octanol–water partition coefficient (Wildman–Crippen LogP) is 2.46. The Morgan fingerprint density at radius 2 is 1.44 bits per heavy atom. The van der Waals surface area contributed by atoms with Crippen molar-refractivity contribution in [3.63, 3.8) is 0 Å². The van der Waals surface area contributed by atoms with Crippen LogP contribution in [0, 0.1) is 18.1 Å². The minimum atomic E-state index is -1.02. The molecule has 0 bridgehead atoms. The van der Waals surface area contributed by atoms with Crippen molar-refractivity contribution in [3.8, 4) is 11.1 Å². The summed E-state index contributed by atoms with van der Waals surface area (Å²) < 4.78 is 0. The number of halogens is 2. The third-order valence-electron chi connectivity index (χ3n) is 6.26. The normalized spacial score (nSPS) is 16.1. The van der Waals surface area contributed by atoms with Crippen LogP contribution in [-0.4, -0.2) is 8.07 Å². The van der Waals surface area contributed by atoms with Crippen LogP contribution in [0.3, 0.4) is 0 Å². The second kappa shape index (κ2) is 12.2. The van der Waals surface area contributed by atoms with Gasteiger partial charge in [-0.15, -0.1) is 11.1 Å². The maximum atomic E-state index is 3.67. The maximum Gasteiger partial charge on any atom is 4.00 e. The quantitative estimate of drug-likeness (QED) is 0.302. The Labute approximate surface area is 242 Å². The van der Waals surface area contributed by atoms with Gasteiger partial charge in [0, 0.05) is 0 Å². The Morgan fingerprint density at radius 1 is 0.853 bits per heavy atom. The summed E-state index contributed by atoms with van der Waals surface area (Å²) in [5.41, 5.74) is 8.70. The molecule has 2 aromatic carbocycles. The molecule has 0 amide bonds. The number of hydrogen-bond acceptors (Lipinski definition) is 0. The Kier molecular flexibility index (Phi) is 12.1. The first kappa shape index (κ1) is 33.6. The molecule has 2 aromatic rings. The smallest absolute Gasteiger partial charge is 1.00 e. The van der Waals surface area contributed by atoms with Gasteiger partial charge in [-0.1, -0.05) is 97.8 Å². The van der Waals surface area contributed by atoms with Gasteiger partial charge in [-0.25, -0.2) is 11.3 Å². The molecule has 4 rings (SSSR count). The van der Waals surface area contributed by atoms with Gasteiger partial charge in [-0.3, -0.25) is 6.08 Å². The van der Waals surface area contributed by atoms with Gasteiger partial charge in [0.1, 0.15) is 0 Å². The number of hydrogen-bond donors (Lipinski definition) is 0. The molecule has 2 aliphatic rings. The molecule has 0 aliphatic heterocycles. The van der Waals surface area contributed by atoms with Crippen LogP contribution in [0.25, 0.3) is 11.1 Å². The van der Waals surface area contributed by atoms with Crippen molar-refractivity contribution in [2.75, 3.05) is 0 Å². The first-order valence-corrected chi connectivity index (χ1v) is 15.2. The molecule has 182 valence electrons. The molecule has 34 heavy (non-hydrogen) atoms. The van der Waals surface area contributed by atoms with Gasteiger partial charge < -0.3 is 24.8 Å². The van der Waals surface area contributed by atoms with Gasteiger partial charge in [0.25, 0.3) is 0 Å². The molecule has 0 fully saturated rings. The van der Waals surface area contributed by atoms with E-state index >= 15 is 0 Å². The first-order chi connectivity index (χ1) is 14.2. The van der Waals surface area contributed by atoms with Gasteiger partial charge in [0.05, 0.1) is 0 Å². The molecule has 0 spiro atoms. The molecule has 0 saturated carbocycles. The number of rotatable bonds is 1. The van der Waals surface area contributed by atoms with Crippen LogP contribution >= 0.6 is 0 Å². The third kappa shape index (κ3) is 8.06. The van der Waals surface area contributed by atoms with Crippen LogP contribution in [0.2, 0.25) is 19.6 Å². The van der Waals surface area contributed by atoms with Gasteiger partial charge in [-0.05, 0) is 36.5 Å². The van der Waals surface area contributed by atoms with E-state index in [0.717, 1.165) is 6.42 Å². The summed E-state index contributed by atoms with van der Waals surface area (Å²) in [5, 5.41) is 1.56. The van der Waals surface area contributed by atoms with Crippen molar-refractivity contribution in [2.45, 2.75) is 85.4 Å². The molecule has 0 saturated heterocycles. The van der Waals surface area contributed by atoms with Crippen molar-refractivity contribution in [3.05, 3.63) is 82.1 Å². The van der Waals surface area contributed by atoms with Crippen LogP contribution in [0.4, 0.5) is 0 Å². The average molecular weight is 591 g/mol. The van der Waals surface area contributed by atoms with Crippen molar-refractivity contribution < 1.29 is 51.0 Å². The molecule has 1 atom stereocenters. The zero-order chi connectivity index (χ0) is 23.2. The molecule has 4 heteroatoms. The molecule has 0 aromatic heterocycles. The average Bonchev–Trinajstić information content (AvgIpc) is 3.22. The van der Waals surface area contributed by atoms with E-state index in [1.54, 1.807) is 5.20 Å². The minimum absolute atomic E-state index is 0. The van der Waals surface area contributed by atoms with E-state index in [4.69, 9.17) is 0 Å². The standard InChI is InChI=1S/C21H25.C9H15Si.2ClH.Zr/c1-20(2,3)16-7-9-18-14(12-16)11-15-13-17(21(4,5)6)8-10-19(15)18;1-8-5-6-9(7-8)10(2,3)4;;;/h7-10,12H,11H2,1-6H3;6-8H,1-4H3;2*1H;/q2*-1;;;+4/p-2. The largest absolute Gasteiger partial charge is 4.00 e. The Balaban J connectivity index is 0.000000721. The first-order valence-electron chi connectivity index (χ1n) is 11.7. The fraction of sp³-hybridized carbons (Fsp3) is 0.467. The summed E-state index contributed by atoms with van der Waals surface area (Å²) >= 11 is 0. The molecular weight excluding hydrogens is 551 g/mol. The van der Waals surface area contributed by atoms with Gasteiger partial charge >= 0.3 is 26.2 Å². The van der Waals surface area contributed by atoms with Crippen molar-refractivity contribution >= 4 is 8.07 Å². The van der Waals surface area contributed by atoms with Gasteiger partial charge in [0.15, 0.2) is 0 Å². The summed E-state index contributed by atoms with van der Waals surface area (Å²) in [7, 11) is -1.02. The summed E-state index contributed by atoms with van der Waals surface area (Å²) in [5.74, 6) is 0.557. The summed E-state index contributed by atoms with van der Waals surface area (Å²) in [6.45, 7) is 22.9. The van der Waals surface area contributed by atoms with E-state index in [1.165, 1.54) is 33.4 Å². The zero-order valence-corrected chi connectivity index (χ0v) is 27.6. The summed E-state index contributed by atoms with van der Waals surface area (Å²) in [4.78, 5) is 0. The van der Waals surface area contributed by atoms with E-state index < -0.39 is 8.07 Å².